The Hall–Kier alpha value is -4.10. The van der Waals surface area contributed by atoms with E-state index in [1.54, 1.807) is 19.2 Å². The minimum absolute atomic E-state index is 0.0967. The number of thiazole rings is 1. The van der Waals surface area contributed by atoms with Crippen molar-refractivity contribution in [2.75, 3.05) is 7.11 Å². The van der Waals surface area contributed by atoms with E-state index in [2.05, 4.69) is 18.2 Å². The largest absolute Gasteiger partial charge is 0.496 e. The molecule has 214 valence electrons. The molecular formula is C35H26Cl2N2O3S. The molecule has 0 saturated carbocycles. The topological polar surface area (TPSA) is 52.8 Å². The minimum Gasteiger partial charge on any atom is -0.496 e. The first kappa shape index (κ1) is 27.7. The van der Waals surface area contributed by atoms with Gasteiger partial charge in [-0.1, -0.05) is 101 Å². The van der Waals surface area contributed by atoms with Crippen LogP contribution in [0, 0.1) is 0 Å². The number of halogens is 2. The van der Waals surface area contributed by atoms with Crippen LogP contribution in [0.2, 0.25) is 10.0 Å². The molecule has 1 atom stereocenters. The maximum absolute atomic E-state index is 14.2. The molecule has 1 aliphatic heterocycles. The summed E-state index contributed by atoms with van der Waals surface area (Å²) >= 11 is 13.8. The number of allylic oxidation sites excluding steroid dienone is 1. The average Bonchev–Trinajstić information content (AvgIpc) is 3.34. The van der Waals surface area contributed by atoms with Gasteiger partial charge in [0.15, 0.2) is 4.80 Å². The lowest BCUT2D eigenvalue weighted by Crippen LogP contribution is -2.39. The normalized spacial score (nSPS) is 15.8. The molecular weight excluding hydrogens is 599 g/mol. The number of nitrogens with zero attached hydrogens (tertiary/aromatic N) is 2. The van der Waals surface area contributed by atoms with Gasteiger partial charge >= 0.3 is 0 Å². The number of aryl methyl sites for hydroxylation is 1. The fraction of sp³-hybridized carbons (Fsp3) is 0.143. The number of hydrogen-bond donors (Lipinski definition) is 0. The third-order valence-corrected chi connectivity index (χ3v) is 9.48. The van der Waals surface area contributed by atoms with E-state index in [1.807, 2.05) is 71.3 Å². The second-order valence-electron chi connectivity index (χ2n) is 10.4. The average molecular weight is 626 g/mol. The lowest BCUT2D eigenvalue weighted by molar-refractivity contribution is 0.305. The van der Waals surface area contributed by atoms with Crippen LogP contribution >= 0.6 is 34.5 Å². The Labute approximate surface area is 262 Å². The molecule has 5 aromatic rings. The van der Waals surface area contributed by atoms with Gasteiger partial charge in [-0.05, 0) is 54.3 Å². The maximum Gasteiger partial charge on any atom is 0.271 e. The Kier molecular flexibility index (Phi) is 7.43. The van der Waals surface area contributed by atoms with Crippen LogP contribution in [0.4, 0.5) is 0 Å². The van der Waals surface area contributed by atoms with Gasteiger partial charge in [0.2, 0.25) is 0 Å². The van der Waals surface area contributed by atoms with Crippen molar-refractivity contribution in [3.05, 3.63) is 154 Å². The Balaban J connectivity index is 1.36. The summed E-state index contributed by atoms with van der Waals surface area (Å²) in [6, 6.07) is 29.0. The number of aromatic nitrogens is 1. The second-order valence-corrected chi connectivity index (χ2v) is 12.3. The number of fused-ring (bicyclic) bond motifs is 3. The zero-order valence-corrected chi connectivity index (χ0v) is 25.5. The SMILES string of the molecule is COc1ccccc1[C@@H]1C2=C(N=c3s/c(=C\c4ccccc4OCc4ccc(Cl)cc4Cl)c(=O)n31)c1ccccc1CC2. The number of para-hydroxylation sites is 2. The zero-order chi connectivity index (χ0) is 29.5. The smallest absolute Gasteiger partial charge is 0.271 e. The van der Waals surface area contributed by atoms with Crippen molar-refractivity contribution in [3.63, 3.8) is 0 Å². The fourth-order valence-electron chi connectivity index (χ4n) is 5.86. The molecule has 0 N–H and O–H groups in total. The Morgan fingerprint density at radius 2 is 1.72 bits per heavy atom. The van der Waals surface area contributed by atoms with E-state index in [1.165, 1.54) is 16.9 Å². The van der Waals surface area contributed by atoms with E-state index in [9.17, 15) is 4.79 Å². The van der Waals surface area contributed by atoms with Crippen LogP contribution in [0.15, 0.2) is 106 Å². The number of ether oxygens (including phenoxy) is 2. The van der Waals surface area contributed by atoms with Crippen molar-refractivity contribution in [2.24, 2.45) is 4.99 Å². The van der Waals surface area contributed by atoms with Crippen molar-refractivity contribution in [3.8, 4) is 11.5 Å². The molecule has 0 unspecified atom stereocenters. The van der Waals surface area contributed by atoms with Gasteiger partial charge in [0.25, 0.3) is 5.56 Å². The zero-order valence-electron chi connectivity index (χ0n) is 23.2. The first-order valence-electron chi connectivity index (χ1n) is 13.9. The molecule has 0 amide bonds. The fourth-order valence-corrected chi connectivity index (χ4v) is 7.31. The summed E-state index contributed by atoms with van der Waals surface area (Å²) in [4.78, 5) is 20.0. The van der Waals surface area contributed by atoms with Crippen LogP contribution in [0.5, 0.6) is 11.5 Å². The third kappa shape index (κ3) is 5.10. The second kappa shape index (κ2) is 11.5. The molecule has 1 aromatic heterocycles. The molecule has 4 aromatic carbocycles. The van der Waals surface area contributed by atoms with Crippen molar-refractivity contribution in [1.82, 2.24) is 4.57 Å². The Morgan fingerprint density at radius 1 is 0.953 bits per heavy atom. The third-order valence-electron chi connectivity index (χ3n) is 7.91. The molecule has 0 radical (unpaired) electrons. The summed E-state index contributed by atoms with van der Waals surface area (Å²) < 4.78 is 14.4. The quantitative estimate of drug-likeness (QED) is 0.200. The highest BCUT2D eigenvalue weighted by Gasteiger charge is 2.34. The molecule has 0 fully saturated rings. The summed E-state index contributed by atoms with van der Waals surface area (Å²) in [7, 11) is 1.67. The van der Waals surface area contributed by atoms with Gasteiger partial charge in [-0.25, -0.2) is 4.99 Å². The molecule has 1 aliphatic carbocycles. The minimum atomic E-state index is -0.323. The van der Waals surface area contributed by atoms with E-state index in [0.29, 0.717) is 25.1 Å². The van der Waals surface area contributed by atoms with Gasteiger partial charge in [-0.2, -0.15) is 0 Å². The van der Waals surface area contributed by atoms with E-state index in [-0.39, 0.29) is 18.2 Å². The Morgan fingerprint density at radius 3 is 2.56 bits per heavy atom. The van der Waals surface area contributed by atoms with Crippen LogP contribution in [-0.4, -0.2) is 11.7 Å². The predicted octanol–water partition coefficient (Wildman–Crippen LogP) is 7.21. The van der Waals surface area contributed by atoms with Crippen molar-refractivity contribution >= 4 is 46.3 Å². The standard InChI is InChI=1S/C35H26Cl2N2O3S/c1-41-30-13-7-5-11-26(30)33-27-17-15-21-8-2-4-10-25(21)32(27)38-35-39(33)34(40)31(43-35)18-22-9-3-6-12-29(22)42-20-23-14-16-24(36)19-28(23)37/h2-14,16,18-19,33H,15,17,20H2,1H3/b31-18-/t33-/m1/s1. The van der Waals surface area contributed by atoms with Crippen LogP contribution in [0.1, 0.15) is 40.3 Å². The van der Waals surface area contributed by atoms with Gasteiger partial charge in [-0.15, -0.1) is 0 Å². The lowest BCUT2D eigenvalue weighted by Gasteiger charge is -2.31. The molecule has 2 heterocycles. The highest BCUT2D eigenvalue weighted by molar-refractivity contribution is 7.07. The van der Waals surface area contributed by atoms with Crippen molar-refractivity contribution in [1.29, 1.82) is 0 Å². The maximum atomic E-state index is 14.2. The van der Waals surface area contributed by atoms with Gasteiger partial charge in [0.05, 0.1) is 23.4 Å². The van der Waals surface area contributed by atoms with E-state index >= 15 is 0 Å². The monoisotopic (exact) mass is 624 g/mol. The first-order valence-corrected chi connectivity index (χ1v) is 15.5. The summed E-state index contributed by atoms with van der Waals surface area (Å²) in [5.74, 6) is 1.39. The summed E-state index contributed by atoms with van der Waals surface area (Å²) in [5.41, 5.74) is 6.95. The molecule has 5 nitrogen and oxygen atoms in total. The van der Waals surface area contributed by atoms with Crippen LogP contribution in [-0.2, 0) is 13.0 Å². The van der Waals surface area contributed by atoms with Crippen molar-refractivity contribution < 1.29 is 9.47 Å². The van der Waals surface area contributed by atoms with Crippen molar-refractivity contribution in [2.45, 2.75) is 25.5 Å². The number of rotatable bonds is 6. The molecule has 0 spiro atoms. The van der Waals surface area contributed by atoms with Crippen LogP contribution in [0.3, 0.4) is 0 Å². The van der Waals surface area contributed by atoms with Crippen LogP contribution < -0.4 is 24.4 Å². The Bertz CT molecular complexity index is 2100. The van der Waals surface area contributed by atoms with E-state index < -0.39 is 0 Å². The predicted molar refractivity (Wildman–Crippen MR) is 173 cm³/mol. The van der Waals surface area contributed by atoms with Gasteiger partial charge in [-0.3, -0.25) is 9.36 Å². The lowest BCUT2D eigenvalue weighted by atomic mass is 9.83. The van der Waals surface area contributed by atoms with E-state index in [4.69, 9.17) is 37.7 Å². The van der Waals surface area contributed by atoms with Gasteiger partial charge in [0.1, 0.15) is 18.1 Å². The van der Waals surface area contributed by atoms with Gasteiger partial charge < -0.3 is 9.47 Å². The van der Waals surface area contributed by atoms with E-state index in [0.717, 1.165) is 52.1 Å². The highest BCUT2D eigenvalue weighted by Crippen LogP contribution is 2.43. The molecule has 0 bridgehead atoms. The molecule has 8 heteroatoms. The number of hydrogen-bond acceptors (Lipinski definition) is 5. The molecule has 2 aliphatic rings. The summed E-state index contributed by atoms with van der Waals surface area (Å²) in [6.45, 7) is 0.266. The summed E-state index contributed by atoms with van der Waals surface area (Å²) in [5, 5.41) is 1.11. The molecule has 7 rings (SSSR count). The van der Waals surface area contributed by atoms with Gasteiger partial charge in [0, 0.05) is 32.3 Å². The summed E-state index contributed by atoms with van der Waals surface area (Å²) in [6.07, 6.45) is 3.59. The first-order chi connectivity index (χ1) is 21.0. The molecule has 0 saturated heterocycles. The highest BCUT2D eigenvalue weighted by atomic mass is 35.5. The molecule has 43 heavy (non-hydrogen) atoms. The number of benzene rings is 4. The number of methoxy groups -OCH3 is 1. The van der Waals surface area contributed by atoms with Crippen LogP contribution in [0.25, 0.3) is 11.8 Å².